The summed E-state index contributed by atoms with van der Waals surface area (Å²) >= 11 is 2.40. The first-order chi connectivity index (χ1) is 3.81. The minimum atomic E-state index is 0.830. The Bertz CT molecular complexity index is 41.8. The third-order valence-electron chi connectivity index (χ3n) is 1.26. The van der Waals surface area contributed by atoms with Gasteiger partial charge in [0.05, 0.1) is 7.85 Å². The maximum Gasteiger partial charge on any atom is 0.0653 e. The molecule has 0 N–H and O–H groups in total. The summed E-state index contributed by atoms with van der Waals surface area (Å²) in [4.78, 5) is 0. The van der Waals surface area contributed by atoms with E-state index >= 15 is 0 Å². The topological polar surface area (TPSA) is 0 Å². The maximum atomic E-state index is 5.36. The van der Waals surface area contributed by atoms with Gasteiger partial charge in [-0.25, -0.2) is 0 Å². The van der Waals surface area contributed by atoms with E-state index in [1.54, 1.807) is 0 Å². The molecule has 0 spiro atoms. The van der Waals surface area contributed by atoms with Gasteiger partial charge in [-0.3, -0.25) is 0 Å². The van der Waals surface area contributed by atoms with E-state index in [9.17, 15) is 0 Å². The van der Waals surface area contributed by atoms with Gasteiger partial charge in [0.15, 0.2) is 0 Å². The Hall–Kier alpha value is 0.795. The number of hydrogen-bond acceptors (Lipinski definition) is 0. The molecule has 0 fully saturated rings. The quantitative estimate of drug-likeness (QED) is 0.389. The van der Waals surface area contributed by atoms with Crippen LogP contribution in [0.3, 0.4) is 0 Å². The molecule has 0 aromatic rings. The second-order valence-electron chi connectivity index (χ2n) is 2.16. The zero-order valence-electron chi connectivity index (χ0n) is 5.36. The van der Waals surface area contributed by atoms with E-state index < -0.39 is 0 Å². The van der Waals surface area contributed by atoms with Crippen LogP contribution in [0.4, 0.5) is 0 Å². The van der Waals surface area contributed by atoms with Gasteiger partial charge in [0, 0.05) is 0 Å². The average molecular weight is 222 g/mol. The molecule has 2 heteroatoms. The van der Waals surface area contributed by atoms with E-state index in [1.165, 1.54) is 17.3 Å². The van der Waals surface area contributed by atoms with E-state index in [0.29, 0.717) is 0 Å². The van der Waals surface area contributed by atoms with Crippen molar-refractivity contribution in [3.63, 3.8) is 0 Å². The van der Waals surface area contributed by atoms with Gasteiger partial charge >= 0.3 is 0 Å². The van der Waals surface area contributed by atoms with Crippen molar-refractivity contribution < 1.29 is 0 Å². The smallest absolute Gasteiger partial charge is 0.0653 e. The Kier molecular flexibility index (Phi) is 6.51. The maximum absolute atomic E-state index is 5.36. The SMILES string of the molecule is [B]CCC(C)CCI. The number of hydrogen-bond donors (Lipinski definition) is 0. The minimum Gasteiger partial charge on any atom is -0.0884 e. The first kappa shape index (κ1) is 8.79. The van der Waals surface area contributed by atoms with Crippen LogP contribution >= 0.6 is 22.6 Å². The van der Waals surface area contributed by atoms with Gasteiger partial charge in [0.2, 0.25) is 0 Å². The summed E-state index contributed by atoms with van der Waals surface area (Å²) in [5.74, 6) is 0.830. The lowest BCUT2D eigenvalue weighted by molar-refractivity contribution is 0.552. The van der Waals surface area contributed by atoms with Crippen molar-refractivity contribution in [1.82, 2.24) is 0 Å². The molecule has 0 heterocycles. The summed E-state index contributed by atoms with van der Waals surface area (Å²) in [5, 5.41) is 0. The summed E-state index contributed by atoms with van der Waals surface area (Å²) in [6.45, 7) is 2.26. The summed E-state index contributed by atoms with van der Waals surface area (Å²) in [6, 6.07) is 0. The Morgan fingerprint density at radius 1 is 1.50 bits per heavy atom. The zero-order valence-corrected chi connectivity index (χ0v) is 7.52. The van der Waals surface area contributed by atoms with Crippen LogP contribution in [0.2, 0.25) is 6.32 Å². The third kappa shape index (κ3) is 4.94. The largest absolute Gasteiger partial charge is 0.0884 e. The molecule has 0 amide bonds. The number of alkyl halides is 1. The van der Waals surface area contributed by atoms with Crippen molar-refractivity contribution in [3.05, 3.63) is 0 Å². The molecule has 0 aliphatic heterocycles. The summed E-state index contributed by atoms with van der Waals surface area (Å²) in [7, 11) is 5.36. The monoisotopic (exact) mass is 222 g/mol. The molecule has 46 valence electrons. The lowest BCUT2D eigenvalue weighted by Gasteiger charge is -2.05. The van der Waals surface area contributed by atoms with E-state index in [0.717, 1.165) is 12.2 Å². The Morgan fingerprint density at radius 3 is 2.50 bits per heavy atom. The highest BCUT2D eigenvalue weighted by molar-refractivity contribution is 14.1. The van der Waals surface area contributed by atoms with Gasteiger partial charge in [-0.2, -0.15) is 0 Å². The van der Waals surface area contributed by atoms with Crippen LogP contribution in [-0.2, 0) is 0 Å². The fourth-order valence-electron chi connectivity index (χ4n) is 0.615. The van der Waals surface area contributed by atoms with Crippen LogP contribution in [0.5, 0.6) is 0 Å². The molecule has 8 heavy (non-hydrogen) atoms. The van der Waals surface area contributed by atoms with Gasteiger partial charge < -0.3 is 0 Å². The highest BCUT2D eigenvalue weighted by atomic mass is 127. The molecule has 0 saturated carbocycles. The van der Waals surface area contributed by atoms with E-state index in [2.05, 4.69) is 29.5 Å². The van der Waals surface area contributed by atoms with Crippen LogP contribution in [0.25, 0.3) is 0 Å². The van der Waals surface area contributed by atoms with Gasteiger partial charge in [-0.05, 0) is 16.8 Å². The Morgan fingerprint density at radius 2 is 2.12 bits per heavy atom. The molecular formula is C6H12BI. The van der Waals surface area contributed by atoms with Crippen molar-refractivity contribution in [2.75, 3.05) is 4.43 Å². The molecule has 0 bridgehead atoms. The lowest BCUT2D eigenvalue weighted by Crippen LogP contribution is -1.93. The molecule has 2 radical (unpaired) electrons. The standard InChI is InChI=1S/C6H12BI/c1-6(2-4-7)3-5-8/h6H,2-5H2,1H3. The van der Waals surface area contributed by atoms with Gasteiger partial charge in [-0.1, -0.05) is 42.3 Å². The van der Waals surface area contributed by atoms with Crippen LogP contribution in [0.1, 0.15) is 19.8 Å². The molecule has 0 nitrogen and oxygen atoms in total. The molecule has 0 aromatic heterocycles. The van der Waals surface area contributed by atoms with Crippen LogP contribution in [-0.4, -0.2) is 12.3 Å². The Balaban J connectivity index is 2.92. The average Bonchev–Trinajstić information content (AvgIpc) is 1.68. The lowest BCUT2D eigenvalue weighted by atomic mass is 9.93. The third-order valence-corrected chi connectivity index (χ3v) is 1.88. The minimum absolute atomic E-state index is 0.830. The predicted molar refractivity (Wildman–Crippen MR) is 47.8 cm³/mol. The number of halogens is 1. The van der Waals surface area contributed by atoms with E-state index in [4.69, 9.17) is 7.85 Å². The van der Waals surface area contributed by atoms with Gasteiger partial charge in [0.1, 0.15) is 0 Å². The van der Waals surface area contributed by atoms with Crippen LogP contribution < -0.4 is 0 Å². The number of rotatable bonds is 4. The summed E-state index contributed by atoms with van der Waals surface area (Å²) < 4.78 is 1.26. The van der Waals surface area contributed by atoms with E-state index in [-0.39, 0.29) is 0 Å². The highest BCUT2D eigenvalue weighted by Crippen LogP contribution is 2.10. The molecule has 1 atom stereocenters. The normalized spacial score (nSPS) is 13.8. The van der Waals surface area contributed by atoms with Gasteiger partial charge in [0.25, 0.3) is 0 Å². The van der Waals surface area contributed by atoms with Crippen molar-refractivity contribution in [3.8, 4) is 0 Å². The fraction of sp³-hybridized carbons (Fsp3) is 1.00. The van der Waals surface area contributed by atoms with Crippen LogP contribution in [0.15, 0.2) is 0 Å². The highest BCUT2D eigenvalue weighted by Gasteiger charge is 1.96. The van der Waals surface area contributed by atoms with Gasteiger partial charge in [-0.15, -0.1) is 0 Å². The van der Waals surface area contributed by atoms with Crippen molar-refractivity contribution >= 4 is 30.4 Å². The van der Waals surface area contributed by atoms with Crippen molar-refractivity contribution in [1.29, 1.82) is 0 Å². The zero-order chi connectivity index (χ0) is 6.41. The summed E-state index contributed by atoms with van der Waals surface area (Å²) in [5.41, 5.74) is 0. The van der Waals surface area contributed by atoms with E-state index in [1.807, 2.05) is 0 Å². The predicted octanol–water partition coefficient (Wildman–Crippen LogP) is 2.42. The molecule has 0 aliphatic carbocycles. The molecular weight excluding hydrogens is 210 g/mol. The Labute approximate surface area is 67.0 Å². The van der Waals surface area contributed by atoms with Crippen molar-refractivity contribution in [2.45, 2.75) is 26.1 Å². The molecule has 0 saturated heterocycles. The first-order valence-electron chi connectivity index (χ1n) is 3.07. The molecule has 0 aromatic carbocycles. The fourth-order valence-corrected chi connectivity index (χ4v) is 1.68. The second-order valence-corrected chi connectivity index (χ2v) is 3.24. The molecule has 0 rings (SSSR count). The molecule has 1 unspecified atom stereocenters. The van der Waals surface area contributed by atoms with Crippen molar-refractivity contribution in [2.24, 2.45) is 5.92 Å². The molecule has 0 aliphatic rings. The second kappa shape index (κ2) is 5.92. The van der Waals surface area contributed by atoms with Crippen LogP contribution in [0, 0.1) is 5.92 Å². The summed E-state index contributed by atoms with van der Waals surface area (Å²) in [6.07, 6.45) is 3.35. The first-order valence-corrected chi connectivity index (χ1v) is 4.59.